The first kappa shape index (κ1) is 11.2. The third-order valence-corrected chi connectivity index (χ3v) is 0.584. The average Bonchev–Trinajstić information content (AvgIpc) is 1.21. The lowest BCUT2D eigenvalue weighted by Crippen LogP contribution is -2.22. The topological polar surface area (TPSA) is 89.0 Å². The van der Waals surface area contributed by atoms with Crippen LogP contribution in [0.4, 0.5) is 0 Å². The number of carboxylic acids is 1. The van der Waals surface area contributed by atoms with E-state index in [0.717, 1.165) is 0 Å². The highest BCUT2D eigenvalue weighted by Crippen LogP contribution is 2.05. The van der Waals surface area contributed by atoms with Crippen LogP contribution >= 0.6 is 0 Å². The molecule has 0 saturated heterocycles. The van der Waals surface area contributed by atoms with Gasteiger partial charge in [0.1, 0.15) is 0 Å². The molecule has 0 aromatic carbocycles. The number of rotatable bonds is 2. The highest BCUT2D eigenvalue weighted by Gasteiger charge is 2.16. The summed E-state index contributed by atoms with van der Waals surface area (Å²) in [5, 5.41) is 16.9. The second-order valence-electron chi connectivity index (χ2n) is 2.38. The van der Waals surface area contributed by atoms with Crippen molar-refractivity contribution in [3.05, 3.63) is 0 Å². The van der Waals surface area contributed by atoms with Gasteiger partial charge in [-0.05, 0) is 13.8 Å². The van der Waals surface area contributed by atoms with E-state index in [-0.39, 0.29) is 11.9 Å². The Morgan fingerprint density at radius 3 is 1.89 bits per heavy atom. The predicted octanol–water partition coefficient (Wildman–Crippen LogP) is -0.593. The van der Waals surface area contributed by atoms with Crippen molar-refractivity contribution in [1.29, 1.82) is 0 Å². The van der Waals surface area contributed by atoms with Crippen LogP contribution < -0.4 is 0 Å². The third kappa shape index (κ3) is 11.1. The van der Waals surface area contributed by atoms with Gasteiger partial charge in [-0.15, -0.1) is 0 Å². The van der Waals surface area contributed by atoms with Gasteiger partial charge in [-0.25, -0.2) is 0 Å². The highest BCUT2D eigenvalue weighted by atomic mass is 16.4. The third-order valence-electron chi connectivity index (χ3n) is 0.584. The van der Waals surface area contributed by atoms with Crippen LogP contribution in [-0.2, 0) is 4.79 Å². The largest absolute Gasteiger partial charge is 0.481 e. The first-order valence-electron chi connectivity index (χ1n) is 2.36. The monoisotopic (exact) mass is 136 g/mol. The van der Waals surface area contributed by atoms with E-state index < -0.39 is 11.6 Å². The zero-order valence-electron chi connectivity index (χ0n) is 5.51. The molecule has 4 N–H and O–H groups in total. The van der Waals surface area contributed by atoms with Crippen molar-refractivity contribution in [3.63, 3.8) is 0 Å². The summed E-state index contributed by atoms with van der Waals surface area (Å²) < 4.78 is 0. The van der Waals surface area contributed by atoms with Gasteiger partial charge in [-0.3, -0.25) is 4.79 Å². The van der Waals surface area contributed by atoms with Crippen LogP contribution in [-0.4, -0.2) is 27.3 Å². The molecular formula is C5H12O4. The highest BCUT2D eigenvalue weighted by molar-refractivity contribution is 5.67. The van der Waals surface area contributed by atoms with E-state index in [1.165, 1.54) is 13.8 Å². The van der Waals surface area contributed by atoms with Crippen molar-refractivity contribution >= 4 is 5.97 Å². The van der Waals surface area contributed by atoms with Gasteiger partial charge in [0.2, 0.25) is 0 Å². The molecule has 0 fully saturated rings. The van der Waals surface area contributed by atoms with Crippen LogP contribution in [0.25, 0.3) is 0 Å². The number of carboxylic acid groups (broad SMARTS) is 1. The Hall–Kier alpha value is -0.610. The Bertz CT molecular complexity index is 91.6. The normalized spacial score (nSPS) is 10.1. The summed E-state index contributed by atoms with van der Waals surface area (Å²) >= 11 is 0. The van der Waals surface area contributed by atoms with Gasteiger partial charge in [0, 0.05) is 0 Å². The fraction of sp³-hybridized carbons (Fsp3) is 0.800. The molecule has 0 bridgehead atoms. The van der Waals surface area contributed by atoms with E-state index in [4.69, 9.17) is 10.2 Å². The summed E-state index contributed by atoms with van der Waals surface area (Å²) in [6.45, 7) is 2.92. The van der Waals surface area contributed by atoms with Crippen molar-refractivity contribution in [1.82, 2.24) is 0 Å². The molecule has 9 heavy (non-hydrogen) atoms. The second kappa shape index (κ2) is 3.42. The molecule has 4 nitrogen and oxygen atoms in total. The molecule has 0 rings (SSSR count). The van der Waals surface area contributed by atoms with Gasteiger partial charge in [0.05, 0.1) is 12.0 Å². The first-order valence-corrected chi connectivity index (χ1v) is 2.36. The molecule has 4 heteroatoms. The molecular weight excluding hydrogens is 124 g/mol. The quantitative estimate of drug-likeness (QED) is 0.531. The van der Waals surface area contributed by atoms with Gasteiger partial charge >= 0.3 is 5.97 Å². The summed E-state index contributed by atoms with van der Waals surface area (Å²) in [6.07, 6.45) is -0.201. The van der Waals surface area contributed by atoms with Crippen LogP contribution in [0, 0.1) is 0 Å². The van der Waals surface area contributed by atoms with E-state index in [1.807, 2.05) is 0 Å². The molecule has 0 amide bonds. The minimum absolute atomic E-state index is 0. The van der Waals surface area contributed by atoms with Crippen LogP contribution in [0.5, 0.6) is 0 Å². The van der Waals surface area contributed by atoms with E-state index in [1.54, 1.807) is 0 Å². The van der Waals surface area contributed by atoms with E-state index in [0.29, 0.717) is 0 Å². The molecule has 0 radical (unpaired) electrons. The van der Waals surface area contributed by atoms with Gasteiger partial charge in [0.15, 0.2) is 0 Å². The van der Waals surface area contributed by atoms with E-state index >= 15 is 0 Å². The first-order chi connectivity index (χ1) is 3.42. The van der Waals surface area contributed by atoms with Crippen LogP contribution in [0.2, 0.25) is 0 Å². The molecule has 0 aromatic rings. The predicted molar refractivity (Wildman–Crippen MR) is 32.2 cm³/mol. The van der Waals surface area contributed by atoms with Crippen molar-refractivity contribution in [2.75, 3.05) is 0 Å². The SMILES string of the molecule is CC(C)(O)CC(=O)O.O. The fourth-order valence-electron chi connectivity index (χ4n) is 0.370. The van der Waals surface area contributed by atoms with E-state index in [9.17, 15) is 4.79 Å². The van der Waals surface area contributed by atoms with Crippen LogP contribution in [0.1, 0.15) is 20.3 Å². The molecule has 0 aliphatic heterocycles. The van der Waals surface area contributed by atoms with Gasteiger partial charge in [-0.2, -0.15) is 0 Å². The van der Waals surface area contributed by atoms with Crippen molar-refractivity contribution in [2.24, 2.45) is 0 Å². The number of carbonyl (C=O) groups is 1. The standard InChI is InChI=1S/C5H10O3.H2O/c1-5(2,8)3-4(6)7;/h8H,3H2,1-2H3,(H,6,7);1H2. The zero-order chi connectivity index (χ0) is 6.78. The summed E-state index contributed by atoms with van der Waals surface area (Å²) in [7, 11) is 0. The lowest BCUT2D eigenvalue weighted by molar-refractivity contribution is -0.141. The fourth-order valence-corrected chi connectivity index (χ4v) is 0.370. The Morgan fingerprint density at radius 1 is 1.56 bits per heavy atom. The minimum atomic E-state index is -1.08. The molecule has 0 atom stereocenters. The lowest BCUT2D eigenvalue weighted by Gasteiger charge is -2.12. The molecule has 0 saturated carbocycles. The molecule has 0 heterocycles. The molecule has 0 unspecified atom stereocenters. The Morgan fingerprint density at radius 2 is 1.89 bits per heavy atom. The van der Waals surface area contributed by atoms with Crippen molar-refractivity contribution < 1.29 is 20.5 Å². The number of aliphatic hydroxyl groups is 1. The Balaban J connectivity index is 0. The molecule has 0 aliphatic rings. The maximum absolute atomic E-state index is 9.85. The van der Waals surface area contributed by atoms with Crippen molar-refractivity contribution in [2.45, 2.75) is 25.9 Å². The maximum atomic E-state index is 9.85. The number of aliphatic carboxylic acids is 1. The average molecular weight is 136 g/mol. The maximum Gasteiger partial charge on any atom is 0.306 e. The summed E-state index contributed by atoms with van der Waals surface area (Å²) in [5.74, 6) is -0.975. The minimum Gasteiger partial charge on any atom is -0.481 e. The summed E-state index contributed by atoms with van der Waals surface area (Å²) in [5.41, 5.74) is -1.08. The smallest absolute Gasteiger partial charge is 0.306 e. The summed E-state index contributed by atoms with van der Waals surface area (Å²) in [6, 6.07) is 0. The molecule has 0 aromatic heterocycles. The number of hydrogen-bond donors (Lipinski definition) is 2. The second-order valence-corrected chi connectivity index (χ2v) is 2.38. The summed E-state index contributed by atoms with van der Waals surface area (Å²) in [4.78, 5) is 9.85. The van der Waals surface area contributed by atoms with Crippen molar-refractivity contribution in [3.8, 4) is 0 Å². The van der Waals surface area contributed by atoms with E-state index in [2.05, 4.69) is 0 Å². The lowest BCUT2D eigenvalue weighted by atomic mass is 10.1. The molecule has 0 spiro atoms. The van der Waals surface area contributed by atoms with Crippen LogP contribution in [0.15, 0.2) is 0 Å². The van der Waals surface area contributed by atoms with Crippen LogP contribution in [0.3, 0.4) is 0 Å². The molecule has 56 valence electrons. The van der Waals surface area contributed by atoms with Gasteiger partial charge < -0.3 is 15.7 Å². The number of hydrogen-bond acceptors (Lipinski definition) is 2. The van der Waals surface area contributed by atoms with Gasteiger partial charge in [0.25, 0.3) is 0 Å². The Labute approximate surface area is 53.4 Å². The van der Waals surface area contributed by atoms with Gasteiger partial charge in [-0.1, -0.05) is 0 Å². The Kier molecular flexibility index (Phi) is 4.27. The zero-order valence-corrected chi connectivity index (χ0v) is 5.51. The molecule has 0 aliphatic carbocycles.